The van der Waals surface area contributed by atoms with Crippen molar-refractivity contribution >= 4 is 0 Å². The van der Waals surface area contributed by atoms with E-state index >= 15 is 0 Å². The molecule has 0 aliphatic rings. The third-order valence-electron chi connectivity index (χ3n) is 2.77. The first kappa shape index (κ1) is 11.8. The highest BCUT2D eigenvalue weighted by molar-refractivity contribution is 5.20. The normalized spacial score (nSPS) is 12.6. The predicted octanol–water partition coefficient (Wildman–Crippen LogP) is 2.28. The molecule has 1 aromatic carbocycles. The van der Waals surface area contributed by atoms with E-state index in [0.29, 0.717) is 6.42 Å². The minimum atomic E-state index is -0.221. The van der Waals surface area contributed by atoms with Crippen LogP contribution in [0.5, 0.6) is 0 Å². The molecule has 0 amide bonds. The van der Waals surface area contributed by atoms with Gasteiger partial charge in [-0.2, -0.15) is 5.10 Å². The number of rotatable bonds is 4. The van der Waals surface area contributed by atoms with Gasteiger partial charge in [0, 0.05) is 24.3 Å². The standard InChI is InChI=1S/C13H16FN3/c1-2-17-9-11(8-16-17)13(15)7-10-3-5-12(14)6-4-10/h3-6,8-9,13H,2,7,15H2,1H3. The molecule has 4 heteroatoms. The maximum absolute atomic E-state index is 12.8. The van der Waals surface area contributed by atoms with Crippen LogP contribution in [0.3, 0.4) is 0 Å². The Labute approximate surface area is 100 Å². The molecule has 17 heavy (non-hydrogen) atoms. The Morgan fingerprint density at radius 3 is 2.65 bits per heavy atom. The summed E-state index contributed by atoms with van der Waals surface area (Å²) in [5.41, 5.74) is 8.13. The van der Waals surface area contributed by atoms with Gasteiger partial charge in [-0.3, -0.25) is 4.68 Å². The third-order valence-corrected chi connectivity index (χ3v) is 2.77. The fourth-order valence-electron chi connectivity index (χ4n) is 1.74. The van der Waals surface area contributed by atoms with E-state index in [4.69, 9.17) is 5.73 Å². The molecule has 0 saturated carbocycles. The molecule has 1 aromatic heterocycles. The van der Waals surface area contributed by atoms with Gasteiger partial charge in [-0.05, 0) is 31.0 Å². The molecule has 90 valence electrons. The van der Waals surface area contributed by atoms with Crippen LogP contribution in [0.15, 0.2) is 36.7 Å². The molecular formula is C13H16FN3. The van der Waals surface area contributed by atoms with E-state index in [1.165, 1.54) is 12.1 Å². The Balaban J connectivity index is 2.05. The van der Waals surface area contributed by atoms with Crippen LogP contribution < -0.4 is 5.73 Å². The summed E-state index contributed by atoms with van der Waals surface area (Å²) in [6, 6.07) is 6.34. The van der Waals surface area contributed by atoms with Crippen molar-refractivity contribution in [2.45, 2.75) is 25.9 Å². The quantitative estimate of drug-likeness (QED) is 0.880. The third kappa shape index (κ3) is 2.91. The van der Waals surface area contributed by atoms with Crippen molar-refractivity contribution in [3.63, 3.8) is 0 Å². The van der Waals surface area contributed by atoms with Gasteiger partial charge in [0.25, 0.3) is 0 Å². The predicted molar refractivity (Wildman–Crippen MR) is 64.9 cm³/mol. The van der Waals surface area contributed by atoms with Crippen molar-refractivity contribution in [1.29, 1.82) is 0 Å². The number of benzene rings is 1. The lowest BCUT2D eigenvalue weighted by molar-refractivity contribution is 0.625. The fraction of sp³-hybridized carbons (Fsp3) is 0.308. The Morgan fingerprint density at radius 1 is 1.35 bits per heavy atom. The van der Waals surface area contributed by atoms with Crippen LogP contribution in [-0.4, -0.2) is 9.78 Å². The molecule has 0 saturated heterocycles. The lowest BCUT2D eigenvalue weighted by atomic mass is 10.0. The molecule has 0 radical (unpaired) electrons. The maximum Gasteiger partial charge on any atom is 0.123 e. The number of hydrogen-bond acceptors (Lipinski definition) is 2. The second-order valence-electron chi connectivity index (χ2n) is 4.07. The zero-order chi connectivity index (χ0) is 12.3. The van der Waals surface area contributed by atoms with E-state index in [2.05, 4.69) is 5.10 Å². The number of aryl methyl sites for hydroxylation is 1. The number of halogens is 1. The van der Waals surface area contributed by atoms with Gasteiger partial charge in [0.15, 0.2) is 0 Å². The number of nitrogens with two attached hydrogens (primary N) is 1. The van der Waals surface area contributed by atoms with Crippen molar-refractivity contribution in [3.8, 4) is 0 Å². The van der Waals surface area contributed by atoms with Crippen molar-refractivity contribution < 1.29 is 4.39 Å². The van der Waals surface area contributed by atoms with E-state index in [1.807, 2.05) is 17.8 Å². The average Bonchev–Trinajstić information content (AvgIpc) is 2.81. The first-order chi connectivity index (χ1) is 8.19. The summed E-state index contributed by atoms with van der Waals surface area (Å²) in [5, 5.41) is 4.19. The lowest BCUT2D eigenvalue weighted by Crippen LogP contribution is -2.12. The molecule has 1 heterocycles. The van der Waals surface area contributed by atoms with Crippen LogP contribution in [0.25, 0.3) is 0 Å². The second-order valence-corrected chi connectivity index (χ2v) is 4.07. The van der Waals surface area contributed by atoms with Crippen LogP contribution >= 0.6 is 0 Å². The molecule has 2 rings (SSSR count). The van der Waals surface area contributed by atoms with E-state index < -0.39 is 0 Å². The number of aromatic nitrogens is 2. The second kappa shape index (κ2) is 5.10. The minimum absolute atomic E-state index is 0.0965. The van der Waals surface area contributed by atoms with Crippen LogP contribution in [0.1, 0.15) is 24.1 Å². The highest BCUT2D eigenvalue weighted by Gasteiger charge is 2.09. The molecule has 1 atom stereocenters. The SMILES string of the molecule is CCn1cc(C(N)Cc2ccc(F)cc2)cn1. The molecular weight excluding hydrogens is 217 g/mol. The average molecular weight is 233 g/mol. The Bertz CT molecular complexity index is 476. The summed E-state index contributed by atoms with van der Waals surface area (Å²) in [6.45, 7) is 2.87. The van der Waals surface area contributed by atoms with E-state index in [9.17, 15) is 4.39 Å². The smallest absolute Gasteiger partial charge is 0.123 e. The van der Waals surface area contributed by atoms with E-state index in [0.717, 1.165) is 17.7 Å². The molecule has 0 aliphatic carbocycles. The van der Waals surface area contributed by atoms with Crippen molar-refractivity contribution in [2.75, 3.05) is 0 Å². The molecule has 2 N–H and O–H groups in total. The molecule has 3 nitrogen and oxygen atoms in total. The van der Waals surface area contributed by atoms with E-state index in [1.54, 1.807) is 18.3 Å². The molecule has 1 unspecified atom stereocenters. The highest BCUT2D eigenvalue weighted by Crippen LogP contribution is 2.15. The number of nitrogens with zero attached hydrogens (tertiary/aromatic N) is 2. The van der Waals surface area contributed by atoms with E-state index in [-0.39, 0.29) is 11.9 Å². The van der Waals surface area contributed by atoms with Crippen LogP contribution in [0, 0.1) is 5.82 Å². The van der Waals surface area contributed by atoms with Gasteiger partial charge in [0.1, 0.15) is 5.82 Å². The van der Waals surface area contributed by atoms with Crippen LogP contribution in [-0.2, 0) is 13.0 Å². The van der Waals surface area contributed by atoms with Gasteiger partial charge >= 0.3 is 0 Å². The lowest BCUT2D eigenvalue weighted by Gasteiger charge is -2.09. The van der Waals surface area contributed by atoms with Crippen LogP contribution in [0.4, 0.5) is 4.39 Å². The fourth-order valence-corrected chi connectivity index (χ4v) is 1.74. The minimum Gasteiger partial charge on any atom is -0.324 e. The summed E-state index contributed by atoms with van der Waals surface area (Å²) in [4.78, 5) is 0. The van der Waals surface area contributed by atoms with Crippen molar-refractivity contribution in [1.82, 2.24) is 9.78 Å². The summed E-state index contributed by atoms with van der Waals surface area (Å²) >= 11 is 0. The zero-order valence-corrected chi connectivity index (χ0v) is 9.81. The topological polar surface area (TPSA) is 43.8 Å². The van der Waals surface area contributed by atoms with Gasteiger partial charge in [-0.25, -0.2) is 4.39 Å². The molecule has 0 aliphatic heterocycles. The van der Waals surface area contributed by atoms with Gasteiger partial charge in [-0.15, -0.1) is 0 Å². The van der Waals surface area contributed by atoms with Gasteiger partial charge in [-0.1, -0.05) is 12.1 Å². The number of hydrogen-bond donors (Lipinski definition) is 1. The largest absolute Gasteiger partial charge is 0.324 e. The Morgan fingerprint density at radius 2 is 2.06 bits per heavy atom. The molecule has 0 spiro atoms. The highest BCUT2D eigenvalue weighted by atomic mass is 19.1. The van der Waals surface area contributed by atoms with Crippen molar-refractivity contribution in [3.05, 3.63) is 53.6 Å². The Hall–Kier alpha value is -1.68. The summed E-state index contributed by atoms with van der Waals surface area (Å²) in [6.07, 6.45) is 4.43. The summed E-state index contributed by atoms with van der Waals surface area (Å²) in [5.74, 6) is -0.221. The first-order valence-electron chi connectivity index (χ1n) is 5.71. The van der Waals surface area contributed by atoms with Gasteiger partial charge in [0.05, 0.1) is 6.20 Å². The van der Waals surface area contributed by atoms with Gasteiger partial charge in [0.2, 0.25) is 0 Å². The molecule has 0 bridgehead atoms. The van der Waals surface area contributed by atoms with Crippen molar-refractivity contribution in [2.24, 2.45) is 5.73 Å². The summed E-state index contributed by atoms with van der Waals surface area (Å²) in [7, 11) is 0. The molecule has 2 aromatic rings. The maximum atomic E-state index is 12.8. The molecule has 0 fully saturated rings. The summed E-state index contributed by atoms with van der Waals surface area (Å²) < 4.78 is 14.6. The van der Waals surface area contributed by atoms with Crippen LogP contribution in [0.2, 0.25) is 0 Å². The monoisotopic (exact) mass is 233 g/mol. The first-order valence-corrected chi connectivity index (χ1v) is 5.71. The Kier molecular flexibility index (Phi) is 3.54. The zero-order valence-electron chi connectivity index (χ0n) is 9.81. The van der Waals surface area contributed by atoms with Gasteiger partial charge < -0.3 is 5.73 Å².